The predicted octanol–water partition coefficient (Wildman–Crippen LogP) is 3.60. The van der Waals surface area contributed by atoms with E-state index in [-0.39, 0.29) is 16.0 Å². The minimum absolute atomic E-state index is 0.176. The van der Waals surface area contributed by atoms with Crippen molar-refractivity contribution in [1.29, 1.82) is 0 Å². The Balaban J connectivity index is 1.72. The average molecular weight is 503 g/mol. The number of rotatable bonds is 6. The van der Waals surface area contributed by atoms with Gasteiger partial charge in [-0.05, 0) is 22.3 Å². The molecule has 3 aromatic rings. The first kappa shape index (κ1) is 25.1. The monoisotopic (exact) mass is 502 g/mol. The minimum atomic E-state index is -2.77. The van der Waals surface area contributed by atoms with Gasteiger partial charge in [-0.2, -0.15) is 0 Å². The summed E-state index contributed by atoms with van der Waals surface area (Å²) in [6.07, 6.45) is 11.5. The highest BCUT2D eigenvalue weighted by Crippen LogP contribution is 2.45. The number of hydrogen-bond donors (Lipinski definition) is 1. The van der Waals surface area contributed by atoms with E-state index in [0.717, 1.165) is 0 Å². The molecule has 0 amide bonds. The second kappa shape index (κ2) is 9.54. The summed E-state index contributed by atoms with van der Waals surface area (Å²) in [7, 11) is -2.77. The van der Waals surface area contributed by atoms with Crippen LogP contribution in [-0.2, 0) is 4.43 Å². The van der Waals surface area contributed by atoms with Crippen LogP contribution in [0.25, 0.3) is 0 Å². The van der Waals surface area contributed by atoms with Crippen molar-refractivity contribution in [3.8, 4) is 12.3 Å². The highest BCUT2D eigenvalue weighted by molar-refractivity contribution is 8.01. The van der Waals surface area contributed by atoms with Crippen molar-refractivity contribution in [2.45, 2.75) is 42.9 Å². The molecule has 0 saturated carbocycles. The molecule has 0 fully saturated rings. The fraction of sp³-hybridized carbons (Fsp3) is 0.286. The highest BCUT2D eigenvalue weighted by Gasteiger charge is 2.51. The summed E-state index contributed by atoms with van der Waals surface area (Å²) in [6.45, 7) is 8.66. The van der Waals surface area contributed by atoms with Crippen LogP contribution in [0.1, 0.15) is 31.7 Å². The van der Waals surface area contributed by atoms with Gasteiger partial charge >= 0.3 is 5.69 Å². The summed E-state index contributed by atoms with van der Waals surface area (Å²) in [5, 5.41) is 1.85. The van der Waals surface area contributed by atoms with E-state index in [0.29, 0.717) is 12.2 Å². The molecule has 7 heteroatoms. The number of H-pyrrole nitrogens is 1. The molecule has 0 saturated heterocycles. The van der Waals surface area contributed by atoms with Crippen LogP contribution in [0.5, 0.6) is 0 Å². The van der Waals surface area contributed by atoms with Crippen LogP contribution in [0.15, 0.2) is 88.6 Å². The van der Waals surface area contributed by atoms with E-state index in [1.165, 1.54) is 26.7 Å². The fourth-order valence-electron chi connectivity index (χ4n) is 4.64. The van der Waals surface area contributed by atoms with E-state index in [4.69, 9.17) is 10.8 Å². The van der Waals surface area contributed by atoms with Gasteiger partial charge in [0.05, 0.1) is 6.61 Å². The first-order chi connectivity index (χ1) is 16.6. The van der Waals surface area contributed by atoms with Gasteiger partial charge in [0.15, 0.2) is 0 Å². The molecule has 5 nitrogen and oxygen atoms in total. The van der Waals surface area contributed by atoms with Crippen LogP contribution < -0.4 is 21.6 Å². The number of hydrogen-bond acceptors (Lipinski definition) is 4. The van der Waals surface area contributed by atoms with Crippen molar-refractivity contribution in [3.05, 3.63) is 105 Å². The van der Waals surface area contributed by atoms with Crippen LogP contribution in [0.4, 0.5) is 0 Å². The Hall–Kier alpha value is -3.05. The van der Waals surface area contributed by atoms with Gasteiger partial charge in [-0.3, -0.25) is 14.3 Å². The number of aromatic nitrogens is 2. The molecule has 2 aromatic carbocycles. The molecule has 0 spiro atoms. The molecule has 1 aliphatic rings. The lowest BCUT2D eigenvalue weighted by Gasteiger charge is -2.44. The number of benzene rings is 2. The molecular weight excluding hydrogens is 472 g/mol. The Morgan fingerprint density at radius 1 is 1.09 bits per heavy atom. The number of terminal acetylenes is 1. The molecule has 2 heterocycles. The van der Waals surface area contributed by atoms with Gasteiger partial charge in [-0.25, -0.2) is 4.79 Å². The van der Waals surface area contributed by atoms with Crippen LogP contribution in [0.2, 0.25) is 5.04 Å². The first-order valence-electron chi connectivity index (χ1n) is 11.5. The van der Waals surface area contributed by atoms with E-state index in [9.17, 15) is 9.59 Å². The first-order valence-corrected chi connectivity index (χ1v) is 14.3. The third-order valence-electron chi connectivity index (χ3n) is 6.45. The van der Waals surface area contributed by atoms with Crippen LogP contribution in [0, 0.1) is 19.3 Å². The molecule has 1 N–H and O–H groups in total. The Bertz CT molecular complexity index is 1340. The van der Waals surface area contributed by atoms with Gasteiger partial charge in [0.1, 0.15) is 10.1 Å². The third-order valence-corrected chi connectivity index (χ3v) is 12.8. The summed E-state index contributed by atoms with van der Waals surface area (Å²) in [6, 6.07) is 20.8. The van der Waals surface area contributed by atoms with Crippen molar-refractivity contribution in [2.75, 3.05) is 6.61 Å². The second-order valence-corrected chi connectivity index (χ2v) is 15.6. The maximum atomic E-state index is 12.5. The lowest BCUT2D eigenvalue weighted by molar-refractivity contribution is 0.293. The summed E-state index contributed by atoms with van der Waals surface area (Å²) >= 11 is 1.47. The molecule has 180 valence electrons. The zero-order valence-electron chi connectivity index (χ0n) is 20.4. The molecule has 0 aliphatic carbocycles. The second-order valence-electron chi connectivity index (χ2n) is 9.83. The minimum Gasteiger partial charge on any atom is -0.405 e. The van der Waals surface area contributed by atoms with Crippen molar-refractivity contribution < 1.29 is 4.43 Å². The van der Waals surface area contributed by atoms with Gasteiger partial charge < -0.3 is 4.43 Å². The summed E-state index contributed by atoms with van der Waals surface area (Å²) in [5.74, 6) is 2.94. The maximum Gasteiger partial charge on any atom is 0.329 e. The Kier molecular flexibility index (Phi) is 6.83. The quantitative estimate of drug-likeness (QED) is 0.318. The van der Waals surface area contributed by atoms with E-state index in [1.54, 1.807) is 13.1 Å². The summed E-state index contributed by atoms with van der Waals surface area (Å²) < 4.78 is 7.85. The smallest absolute Gasteiger partial charge is 0.329 e. The van der Waals surface area contributed by atoms with Gasteiger partial charge in [-0.1, -0.05) is 99.5 Å². The molecule has 0 unspecified atom stereocenters. The molecule has 0 bridgehead atoms. The Labute approximate surface area is 211 Å². The maximum absolute atomic E-state index is 12.5. The van der Waals surface area contributed by atoms with Crippen LogP contribution in [0.3, 0.4) is 0 Å². The summed E-state index contributed by atoms with van der Waals surface area (Å²) in [4.78, 5) is 26.7. The Morgan fingerprint density at radius 2 is 1.66 bits per heavy atom. The number of nitrogens with one attached hydrogen (secondary N) is 1. The molecule has 2 atom stereocenters. The highest BCUT2D eigenvalue weighted by atomic mass is 32.2. The van der Waals surface area contributed by atoms with Crippen molar-refractivity contribution in [1.82, 2.24) is 9.55 Å². The van der Waals surface area contributed by atoms with E-state index in [2.05, 4.69) is 80.2 Å². The number of aromatic amines is 1. The summed E-state index contributed by atoms with van der Waals surface area (Å²) in [5.41, 5.74) is -0.361. The van der Waals surface area contributed by atoms with Crippen LogP contribution in [-0.4, -0.2) is 29.2 Å². The largest absolute Gasteiger partial charge is 0.405 e. The van der Waals surface area contributed by atoms with Crippen molar-refractivity contribution in [2.24, 2.45) is 0 Å². The molecule has 1 aromatic heterocycles. The lowest BCUT2D eigenvalue weighted by Crippen LogP contribution is -2.67. The number of aryl methyl sites for hydroxylation is 1. The van der Waals surface area contributed by atoms with Crippen molar-refractivity contribution in [3.63, 3.8) is 0 Å². The Morgan fingerprint density at radius 3 is 2.17 bits per heavy atom. The van der Waals surface area contributed by atoms with Crippen LogP contribution >= 0.6 is 11.8 Å². The molecule has 0 radical (unpaired) electrons. The normalized spacial score (nSPS) is 20.0. The zero-order valence-corrected chi connectivity index (χ0v) is 22.3. The van der Waals surface area contributed by atoms with Crippen molar-refractivity contribution >= 4 is 30.5 Å². The SMILES string of the molecule is C#C[C@@]1(CO[Si](c2ccccc2)(c2ccccc2)C(C)(C)C)C=C[C@H](n2cc(C)c(=O)[nH]c2=O)S1. The predicted molar refractivity (Wildman–Crippen MR) is 147 cm³/mol. The molecule has 4 rings (SSSR count). The lowest BCUT2D eigenvalue weighted by atomic mass is 10.1. The van der Waals surface area contributed by atoms with Gasteiger partial charge in [-0.15, -0.1) is 18.2 Å². The third kappa shape index (κ3) is 4.62. The van der Waals surface area contributed by atoms with E-state index >= 15 is 0 Å². The zero-order chi connectivity index (χ0) is 25.3. The van der Waals surface area contributed by atoms with E-state index in [1.807, 2.05) is 24.3 Å². The van der Waals surface area contributed by atoms with Gasteiger partial charge in [0, 0.05) is 11.8 Å². The standard InChI is InChI=1S/C28H30N2O3SSi/c1-6-28(18-17-24(34-28)30-19-21(2)25(31)29-26(30)32)20-33-35(27(3,4)5,22-13-9-7-10-14-22)23-15-11-8-12-16-23/h1,7-19,24H,20H2,2-5H3,(H,29,31,32)/t24-,28+/m1/s1. The average Bonchev–Trinajstić information content (AvgIpc) is 3.27. The molecular formula is C28H30N2O3SSi. The molecule has 35 heavy (non-hydrogen) atoms. The topological polar surface area (TPSA) is 64.1 Å². The number of nitrogens with zero attached hydrogens (tertiary/aromatic N) is 1. The fourth-order valence-corrected chi connectivity index (χ4v) is 10.6. The van der Waals surface area contributed by atoms with E-state index < -0.39 is 18.8 Å². The molecule has 1 aliphatic heterocycles. The van der Waals surface area contributed by atoms with Gasteiger partial charge in [0.25, 0.3) is 13.9 Å². The number of thioether (sulfide) groups is 1. The van der Waals surface area contributed by atoms with Gasteiger partial charge in [0.2, 0.25) is 0 Å².